The Morgan fingerprint density at radius 2 is 0.844 bits per heavy atom. The Kier molecular flexibility index (Phi) is 6.78. The number of nitrogens with zero attached hydrogens (tertiary/aromatic N) is 3. The van der Waals surface area contributed by atoms with Crippen molar-refractivity contribution in [2.75, 3.05) is 9.80 Å². The van der Waals surface area contributed by atoms with E-state index >= 15 is 0 Å². The second kappa shape index (κ2) is 11.5. The first-order valence-electron chi connectivity index (χ1n) is 15.1. The normalized spacial score (nSPS) is 11.1. The first-order valence-corrected chi connectivity index (χ1v) is 15.1. The van der Waals surface area contributed by atoms with Crippen LogP contribution in [0.1, 0.15) is 0 Å². The zero-order valence-corrected chi connectivity index (χ0v) is 24.5. The third-order valence-electron chi connectivity index (χ3n) is 8.01. The highest BCUT2D eigenvalue weighted by Gasteiger charge is 2.21. The molecular weight excluding hydrogens is 550 g/mol. The molecule has 0 aliphatic rings. The Morgan fingerprint density at radius 1 is 0.400 bits per heavy atom. The number of fused-ring (bicyclic) bond motifs is 3. The van der Waals surface area contributed by atoms with Crippen LogP contribution in [0.5, 0.6) is 0 Å². The predicted octanol–water partition coefficient (Wildman–Crippen LogP) is 11.6. The molecule has 0 unspecified atom stereocenters. The van der Waals surface area contributed by atoms with Crippen molar-refractivity contribution in [3.05, 3.63) is 176 Å². The predicted molar refractivity (Wildman–Crippen MR) is 186 cm³/mol. The van der Waals surface area contributed by atoms with Crippen LogP contribution in [-0.4, -0.2) is 4.98 Å². The van der Waals surface area contributed by atoms with Crippen LogP contribution in [0.2, 0.25) is 0 Å². The van der Waals surface area contributed by atoms with Crippen molar-refractivity contribution >= 4 is 56.0 Å². The molecule has 7 aromatic carbocycles. The van der Waals surface area contributed by atoms with E-state index in [0.29, 0.717) is 5.89 Å². The van der Waals surface area contributed by atoms with Crippen molar-refractivity contribution in [3.63, 3.8) is 0 Å². The van der Waals surface area contributed by atoms with E-state index in [1.54, 1.807) is 0 Å². The van der Waals surface area contributed by atoms with Gasteiger partial charge in [0.15, 0.2) is 5.58 Å². The van der Waals surface area contributed by atoms with Gasteiger partial charge < -0.3 is 14.2 Å². The minimum Gasteiger partial charge on any atom is -0.436 e. The topological polar surface area (TPSA) is 32.5 Å². The molecule has 0 saturated heterocycles. The largest absolute Gasteiger partial charge is 0.436 e. The lowest BCUT2D eigenvalue weighted by Crippen LogP contribution is -2.13. The summed E-state index contributed by atoms with van der Waals surface area (Å²) in [5, 5.41) is 2.21. The molecule has 1 aromatic heterocycles. The van der Waals surface area contributed by atoms with E-state index in [1.807, 2.05) is 36.4 Å². The molecule has 45 heavy (non-hydrogen) atoms. The molecule has 4 nitrogen and oxygen atoms in total. The number of hydrogen-bond acceptors (Lipinski definition) is 4. The molecule has 0 aliphatic carbocycles. The maximum atomic E-state index is 6.51. The van der Waals surface area contributed by atoms with Crippen LogP contribution >= 0.6 is 0 Å². The number of hydrogen-bond donors (Lipinski definition) is 0. The summed E-state index contributed by atoms with van der Waals surface area (Å²) in [5.41, 5.74) is 8.72. The van der Waals surface area contributed by atoms with Gasteiger partial charge in [-0.15, -0.1) is 0 Å². The first-order chi connectivity index (χ1) is 22.3. The van der Waals surface area contributed by atoms with Gasteiger partial charge in [0.1, 0.15) is 5.52 Å². The average molecular weight is 580 g/mol. The van der Waals surface area contributed by atoms with Crippen LogP contribution in [0.15, 0.2) is 180 Å². The number of oxazole rings is 1. The van der Waals surface area contributed by atoms with Crippen molar-refractivity contribution in [3.8, 4) is 11.5 Å². The van der Waals surface area contributed by atoms with Crippen molar-refractivity contribution < 1.29 is 4.42 Å². The fourth-order valence-corrected chi connectivity index (χ4v) is 5.96. The van der Waals surface area contributed by atoms with Crippen LogP contribution in [0.25, 0.3) is 33.3 Å². The summed E-state index contributed by atoms with van der Waals surface area (Å²) in [4.78, 5) is 9.65. The van der Waals surface area contributed by atoms with Gasteiger partial charge >= 0.3 is 0 Å². The Bertz CT molecular complexity index is 2030. The molecule has 0 amide bonds. The van der Waals surface area contributed by atoms with E-state index in [0.717, 1.165) is 61.6 Å². The summed E-state index contributed by atoms with van der Waals surface area (Å²) in [7, 11) is 0. The Hall–Kier alpha value is -6.13. The lowest BCUT2D eigenvalue weighted by Gasteiger charge is -2.30. The zero-order valence-electron chi connectivity index (χ0n) is 24.5. The lowest BCUT2D eigenvalue weighted by atomic mass is 10.1. The molecule has 0 spiro atoms. The number of anilines is 6. The summed E-state index contributed by atoms with van der Waals surface area (Å²) in [6, 6.07) is 60.8. The van der Waals surface area contributed by atoms with Gasteiger partial charge in [-0.2, -0.15) is 0 Å². The maximum Gasteiger partial charge on any atom is 0.227 e. The van der Waals surface area contributed by atoms with Gasteiger partial charge in [0, 0.05) is 45.1 Å². The van der Waals surface area contributed by atoms with E-state index in [4.69, 9.17) is 9.40 Å². The quantitative estimate of drug-likeness (QED) is 0.188. The molecule has 0 N–H and O–H groups in total. The molecule has 8 aromatic rings. The molecule has 0 atom stereocenters. The summed E-state index contributed by atoms with van der Waals surface area (Å²) in [6.45, 7) is 0. The fourth-order valence-electron chi connectivity index (χ4n) is 5.96. The molecule has 8 rings (SSSR count). The maximum absolute atomic E-state index is 6.51. The highest BCUT2D eigenvalue weighted by Crippen LogP contribution is 2.43. The van der Waals surface area contributed by atoms with E-state index in [9.17, 15) is 0 Å². The van der Waals surface area contributed by atoms with Gasteiger partial charge in [-0.3, -0.25) is 0 Å². The van der Waals surface area contributed by atoms with Gasteiger partial charge in [0.2, 0.25) is 5.89 Å². The van der Waals surface area contributed by atoms with Gasteiger partial charge in [-0.05, 0) is 78.2 Å². The molecule has 1 heterocycles. The number of benzene rings is 7. The fraction of sp³-hybridized carbons (Fsp3) is 0. The standard InChI is InChI=1S/C41H29N3O/c1-5-16-32(17-6-1)43(33-18-7-2-8-19-33)36-27-31(41-42-40-38-24-14-13-15-30(38)25-26-39(40)45-41)28-37(29-36)44(34-20-9-3-10-21-34)35-22-11-4-12-23-35/h1-29H. The summed E-state index contributed by atoms with van der Waals surface area (Å²) < 4.78 is 6.51. The highest BCUT2D eigenvalue weighted by molar-refractivity contribution is 6.04. The molecule has 0 radical (unpaired) electrons. The Labute approximate surface area is 262 Å². The van der Waals surface area contributed by atoms with Gasteiger partial charge in [0.05, 0.1) is 0 Å². The van der Waals surface area contributed by atoms with Crippen LogP contribution < -0.4 is 9.80 Å². The second-order valence-corrected chi connectivity index (χ2v) is 10.9. The third kappa shape index (κ3) is 5.09. The minimum absolute atomic E-state index is 0.576. The van der Waals surface area contributed by atoms with E-state index in [-0.39, 0.29) is 0 Å². The average Bonchev–Trinajstić information content (AvgIpc) is 3.56. The van der Waals surface area contributed by atoms with Crippen LogP contribution in [0, 0.1) is 0 Å². The third-order valence-corrected chi connectivity index (χ3v) is 8.01. The van der Waals surface area contributed by atoms with Crippen LogP contribution in [0.3, 0.4) is 0 Å². The number of rotatable bonds is 7. The Balaban J connectivity index is 1.40. The van der Waals surface area contributed by atoms with Crippen molar-refractivity contribution in [2.24, 2.45) is 0 Å². The van der Waals surface area contributed by atoms with Gasteiger partial charge in [-0.25, -0.2) is 4.98 Å². The van der Waals surface area contributed by atoms with Crippen LogP contribution in [0.4, 0.5) is 34.1 Å². The monoisotopic (exact) mass is 579 g/mol. The molecule has 4 heteroatoms. The van der Waals surface area contributed by atoms with Crippen LogP contribution in [-0.2, 0) is 0 Å². The van der Waals surface area contributed by atoms with E-state index in [2.05, 4.69) is 149 Å². The van der Waals surface area contributed by atoms with E-state index in [1.165, 1.54) is 0 Å². The molecule has 214 valence electrons. The summed E-state index contributed by atoms with van der Waals surface area (Å²) >= 11 is 0. The molecule has 0 bridgehead atoms. The summed E-state index contributed by atoms with van der Waals surface area (Å²) in [5.74, 6) is 0.576. The minimum atomic E-state index is 0.576. The lowest BCUT2D eigenvalue weighted by molar-refractivity contribution is 0.620. The summed E-state index contributed by atoms with van der Waals surface area (Å²) in [6.07, 6.45) is 0. The SMILES string of the molecule is c1ccc(N(c2ccccc2)c2cc(-c3nc4c(ccc5ccccc54)o3)cc(N(c3ccccc3)c3ccccc3)c2)cc1. The highest BCUT2D eigenvalue weighted by atomic mass is 16.3. The molecule has 0 saturated carbocycles. The molecule has 0 fully saturated rings. The van der Waals surface area contributed by atoms with Crippen molar-refractivity contribution in [2.45, 2.75) is 0 Å². The first kappa shape index (κ1) is 26.5. The molecular formula is C41H29N3O. The van der Waals surface area contributed by atoms with Crippen molar-refractivity contribution in [1.29, 1.82) is 0 Å². The zero-order chi connectivity index (χ0) is 30.0. The van der Waals surface area contributed by atoms with Gasteiger partial charge in [-0.1, -0.05) is 103 Å². The molecule has 0 aliphatic heterocycles. The second-order valence-electron chi connectivity index (χ2n) is 10.9. The van der Waals surface area contributed by atoms with E-state index < -0.39 is 0 Å². The Morgan fingerprint density at radius 3 is 1.33 bits per heavy atom. The van der Waals surface area contributed by atoms with Gasteiger partial charge in [0.25, 0.3) is 0 Å². The smallest absolute Gasteiger partial charge is 0.227 e. The van der Waals surface area contributed by atoms with Crippen molar-refractivity contribution in [1.82, 2.24) is 4.98 Å². The number of para-hydroxylation sites is 4. The number of aromatic nitrogens is 1.